The summed E-state index contributed by atoms with van der Waals surface area (Å²) < 4.78 is 44.2. The second-order valence-corrected chi connectivity index (χ2v) is 12.0. The highest BCUT2D eigenvalue weighted by molar-refractivity contribution is 6.67. The number of alkyl halides is 3. The summed E-state index contributed by atoms with van der Waals surface area (Å²) in [6, 6.07) is -0.362. The molecule has 2 aromatic rings. The van der Waals surface area contributed by atoms with Gasteiger partial charge in [0.15, 0.2) is 5.69 Å². The lowest BCUT2D eigenvalue weighted by Crippen LogP contribution is -2.59. The van der Waals surface area contributed by atoms with Crippen LogP contribution < -0.4 is 32.2 Å². The molecular weight excluding hydrogens is 525 g/mol. The van der Waals surface area contributed by atoms with Crippen LogP contribution in [0, 0.1) is 5.92 Å². The highest BCUT2D eigenvalue weighted by Gasteiger charge is 2.36. The van der Waals surface area contributed by atoms with Gasteiger partial charge in [0.2, 0.25) is 0 Å². The molecule has 2 fully saturated rings. The maximum Gasteiger partial charge on any atom is 0.434 e. The molecule has 0 spiro atoms. The predicted molar refractivity (Wildman–Crippen MR) is 171 cm³/mol. The number of rotatable bonds is 6. The van der Waals surface area contributed by atoms with Crippen LogP contribution in [0.4, 0.5) is 23.8 Å². The molecule has 2 saturated heterocycles. The van der Waals surface area contributed by atoms with Gasteiger partial charge in [-0.05, 0) is 57.7 Å². The molecule has 0 bridgehead atoms. The van der Waals surface area contributed by atoms with Crippen molar-refractivity contribution in [2.24, 2.45) is 5.92 Å². The third kappa shape index (κ3) is 7.09. The first-order valence-corrected chi connectivity index (χ1v) is 14.6. The van der Waals surface area contributed by atoms with Crippen molar-refractivity contribution in [3.63, 3.8) is 0 Å². The lowest BCUT2D eigenvalue weighted by atomic mass is 9.60. The minimum atomic E-state index is -4.52. The number of halogens is 3. The number of amides is 1. The van der Waals surface area contributed by atoms with Crippen LogP contribution in [-0.4, -0.2) is 110 Å². The molecule has 15 heteroatoms. The largest absolute Gasteiger partial charge is 0.449 e. The van der Waals surface area contributed by atoms with Gasteiger partial charge in [0.1, 0.15) is 45.0 Å². The van der Waals surface area contributed by atoms with Crippen LogP contribution in [-0.2, 0) is 17.5 Å². The number of aromatic nitrogens is 2. The summed E-state index contributed by atoms with van der Waals surface area (Å²) in [5.74, 6) is 0.904. The molecule has 2 atom stereocenters. The summed E-state index contributed by atoms with van der Waals surface area (Å²) in [6.45, 7) is 8.19. The lowest BCUT2D eigenvalue weighted by Gasteiger charge is -2.44. The Morgan fingerprint density at radius 2 is 1.49 bits per heavy atom. The van der Waals surface area contributed by atoms with E-state index in [0.717, 1.165) is 51.3 Å². The quantitative estimate of drug-likeness (QED) is 0.335. The summed E-state index contributed by atoms with van der Waals surface area (Å²) in [7, 11) is 11.2. The number of nitrogens with zero attached hydrogens (tertiary/aromatic N) is 5. The Balaban J connectivity index is 1.22. The number of likely N-dealkylation sites (tertiary alicyclic amines) is 1. The smallest absolute Gasteiger partial charge is 0.434 e. The first-order chi connectivity index (χ1) is 19.3. The molecule has 0 N–H and O–H groups in total. The van der Waals surface area contributed by atoms with E-state index in [4.69, 9.17) is 4.74 Å². The molecule has 1 aromatic heterocycles. The zero-order valence-electron chi connectivity index (χ0n) is 25.4. The Labute approximate surface area is 246 Å². The number of carbonyl (C=O) groups is 1. The molecule has 2 aliphatic rings. The van der Waals surface area contributed by atoms with E-state index in [2.05, 4.69) is 54.1 Å². The first kappa shape index (κ1) is 31.4. The monoisotopic (exact) mass is 565 g/mol. The van der Waals surface area contributed by atoms with Gasteiger partial charge >= 0.3 is 12.3 Å². The molecule has 0 saturated carbocycles. The molecule has 0 aliphatic carbocycles. The molecule has 0 unspecified atom stereocenters. The summed E-state index contributed by atoms with van der Waals surface area (Å²) >= 11 is 0. The van der Waals surface area contributed by atoms with Crippen molar-refractivity contribution < 1.29 is 22.7 Å². The number of carbonyl (C=O) groups excluding carboxylic acids is 1. The van der Waals surface area contributed by atoms with Gasteiger partial charge in [-0.1, -0.05) is 10.9 Å². The third-order valence-corrected chi connectivity index (χ3v) is 9.38. The Bertz CT molecular complexity index is 1200. The molecule has 41 heavy (non-hydrogen) atoms. The van der Waals surface area contributed by atoms with Gasteiger partial charge in [0.25, 0.3) is 0 Å². The predicted octanol–water partition coefficient (Wildman–Crippen LogP) is -3.87. The molecule has 216 valence electrons. The Morgan fingerprint density at radius 3 is 2.00 bits per heavy atom. The molecule has 7 nitrogen and oxygen atoms in total. The average molecular weight is 565 g/mol. The van der Waals surface area contributed by atoms with Crippen LogP contribution >= 0.6 is 0 Å². The number of hydrogen-bond acceptors (Lipinski definition) is 6. The fourth-order valence-electron chi connectivity index (χ4n) is 6.36. The van der Waals surface area contributed by atoms with Gasteiger partial charge < -0.3 is 9.64 Å². The second-order valence-electron chi connectivity index (χ2n) is 12.0. The average Bonchev–Trinajstić information content (AvgIpc) is 2.93. The summed E-state index contributed by atoms with van der Waals surface area (Å²) in [6.07, 6.45) is 0.0813. The lowest BCUT2D eigenvalue weighted by molar-refractivity contribution is -0.141. The second kappa shape index (κ2) is 12.8. The van der Waals surface area contributed by atoms with E-state index >= 15 is 0 Å². The molecular formula is C26H39B5F3N5O2. The van der Waals surface area contributed by atoms with E-state index in [1.54, 1.807) is 4.90 Å². The van der Waals surface area contributed by atoms with Crippen LogP contribution in [0.2, 0.25) is 0 Å². The highest BCUT2D eigenvalue weighted by Crippen LogP contribution is 2.28. The van der Waals surface area contributed by atoms with E-state index in [9.17, 15) is 18.0 Å². The maximum atomic E-state index is 13.0. The van der Waals surface area contributed by atoms with E-state index in [1.807, 2.05) is 18.7 Å². The van der Waals surface area contributed by atoms with Gasteiger partial charge in [-0.15, -0.1) is 16.4 Å². The van der Waals surface area contributed by atoms with Crippen molar-refractivity contribution in [3.05, 3.63) is 23.7 Å². The summed E-state index contributed by atoms with van der Waals surface area (Å²) in [5, 5.41) is 0. The fourth-order valence-corrected chi connectivity index (χ4v) is 6.36. The van der Waals surface area contributed by atoms with Gasteiger partial charge in [-0.25, -0.2) is 14.8 Å². The number of benzene rings is 1. The number of ether oxygens (including phenoxy) is 1. The first-order valence-electron chi connectivity index (χ1n) is 14.6. The Morgan fingerprint density at radius 1 is 0.927 bits per heavy atom. The van der Waals surface area contributed by atoms with Crippen LogP contribution in [0.25, 0.3) is 0 Å². The van der Waals surface area contributed by atoms with Crippen molar-refractivity contribution in [2.75, 3.05) is 37.7 Å². The van der Waals surface area contributed by atoms with Gasteiger partial charge in [0.05, 0.1) is 31.1 Å². The summed E-state index contributed by atoms with van der Waals surface area (Å²) in [5.41, 5.74) is 7.48. The van der Waals surface area contributed by atoms with Crippen LogP contribution in [0.5, 0.6) is 0 Å². The molecule has 3 heterocycles. The Hall–Kier alpha value is -2.56. The van der Waals surface area contributed by atoms with E-state index in [1.165, 1.54) is 32.9 Å². The molecule has 1 amide bonds. The topological polar surface area (TPSA) is 61.8 Å². The number of piperazine rings is 1. The minimum absolute atomic E-state index is 0.181. The molecule has 2 aliphatic heterocycles. The van der Waals surface area contributed by atoms with Gasteiger partial charge in [-0.2, -0.15) is 13.2 Å². The van der Waals surface area contributed by atoms with Crippen molar-refractivity contribution in [1.29, 1.82) is 0 Å². The normalized spacial score (nSPS) is 20.8. The number of hydrogen-bond donors (Lipinski definition) is 0. The highest BCUT2D eigenvalue weighted by atomic mass is 19.4. The SMILES string of the molecule is Bc1c(B)c(B)c(CN2CCC(CCOC(=O)N3[C@H](C)CN(c4cnc(C(F)(F)F)cn4)C[C@@H]3C)CC2)c(B)c1B. The zero-order chi connectivity index (χ0) is 30.1. The third-order valence-electron chi connectivity index (χ3n) is 9.38. The van der Waals surface area contributed by atoms with Crippen molar-refractivity contribution in [1.82, 2.24) is 19.8 Å². The standard InChI is InChI=1S/C26H39B5F3N5O2/c1-14-11-38(19-10-35-18(9-36-19)26(32,33)34)12-15(2)39(14)25(40)41-8-5-16-3-6-37(7-4-16)13-17-20(27)22(29)24(31)23(30)21(17)28/h9-10,14-16H,3-8,11-13,27-31H2,1-2H3/t14-,15+. The van der Waals surface area contributed by atoms with E-state index < -0.39 is 11.9 Å². The Kier molecular flexibility index (Phi) is 9.76. The van der Waals surface area contributed by atoms with Crippen molar-refractivity contribution >= 4 is 78.5 Å². The van der Waals surface area contributed by atoms with Crippen LogP contribution in [0.3, 0.4) is 0 Å². The number of piperidine rings is 1. The maximum absolute atomic E-state index is 13.0. The van der Waals surface area contributed by atoms with Crippen LogP contribution in [0.15, 0.2) is 12.4 Å². The van der Waals surface area contributed by atoms with Crippen LogP contribution in [0.1, 0.15) is 44.4 Å². The number of anilines is 1. The van der Waals surface area contributed by atoms with Crippen molar-refractivity contribution in [2.45, 2.75) is 57.9 Å². The fraction of sp³-hybridized carbons (Fsp3) is 0.577. The van der Waals surface area contributed by atoms with Gasteiger partial charge in [0, 0.05) is 19.6 Å². The zero-order valence-corrected chi connectivity index (χ0v) is 25.4. The molecule has 4 rings (SSSR count). The molecule has 1 aromatic carbocycles. The molecule has 0 radical (unpaired) electrons. The van der Waals surface area contributed by atoms with Gasteiger partial charge in [-0.3, -0.25) is 9.80 Å². The van der Waals surface area contributed by atoms with E-state index in [-0.39, 0.29) is 18.2 Å². The summed E-state index contributed by atoms with van der Waals surface area (Å²) in [4.78, 5) is 26.6. The van der Waals surface area contributed by atoms with Crippen molar-refractivity contribution in [3.8, 4) is 0 Å². The van der Waals surface area contributed by atoms with E-state index in [0.29, 0.717) is 31.4 Å². The minimum Gasteiger partial charge on any atom is -0.449 e.